The zero-order chi connectivity index (χ0) is 12.0. The van der Waals surface area contributed by atoms with E-state index in [0.29, 0.717) is 19.7 Å². The number of methoxy groups -OCH3 is 1. The van der Waals surface area contributed by atoms with E-state index >= 15 is 0 Å². The molecule has 2 unspecified atom stereocenters. The molecular formula is C9H17BO6. The maximum absolute atomic E-state index is 10.0. The van der Waals surface area contributed by atoms with Gasteiger partial charge in [0.25, 0.3) is 6.47 Å². The van der Waals surface area contributed by atoms with Gasteiger partial charge in [0.1, 0.15) is 32.8 Å². The summed E-state index contributed by atoms with van der Waals surface area (Å²) in [5.74, 6) is 0. The normalized spacial score (nSPS) is 33.9. The van der Waals surface area contributed by atoms with Gasteiger partial charge in [0.15, 0.2) is 0 Å². The highest BCUT2D eigenvalue weighted by atomic mass is 16.6. The molecule has 4 atom stereocenters. The average molecular weight is 232 g/mol. The Morgan fingerprint density at radius 2 is 2.25 bits per heavy atom. The quantitative estimate of drug-likeness (QED) is 0.308. The van der Waals surface area contributed by atoms with Crippen molar-refractivity contribution in [1.29, 1.82) is 0 Å². The minimum absolute atomic E-state index is 0.0408. The second-order valence-corrected chi connectivity index (χ2v) is 3.63. The lowest BCUT2D eigenvalue weighted by Gasteiger charge is -2.18. The second kappa shape index (κ2) is 6.85. The number of carbonyl (C=O) groups is 1. The van der Waals surface area contributed by atoms with Crippen molar-refractivity contribution in [3.63, 3.8) is 0 Å². The molecule has 16 heavy (non-hydrogen) atoms. The van der Waals surface area contributed by atoms with Crippen molar-refractivity contribution in [3.05, 3.63) is 0 Å². The van der Waals surface area contributed by atoms with Gasteiger partial charge in [0.05, 0.1) is 19.2 Å². The summed E-state index contributed by atoms with van der Waals surface area (Å²) >= 11 is 0. The van der Waals surface area contributed by atoms with Gasteiger partial charge in [-0.2, -0.15) is 0 Å². The van der Waals surface area contributed by atoms with Crippen molar-refractivity contribution in [1.82, 2.24) is 0 Å². The van der Waals surface area contributed by atoms with Gasteiger partial charge in [-0.3, -0.25) is 4.79 Å². The largest absolute Gasteiger partial charge is 0.465 e. The van der Waals surface area contributed by atoms with Crippen LogP contribution in [0.3, 0.4) is 0 Å². The number of ether oxygens (including phenoxy) is 4. The highest BCUT2D eigenvalue weighted by Gasteiger charge is 2.42. The molecule has 1 saturated heterocycles. The zero-order valence-electron chi connectivity index (χ0n) is 9.50. The van der Waals surface area contributed by atoms with E-state index in [1.807, 2.05) is 7.85 Å². The van der Waals surface area contributed by atoms with Gasteiger partial charge in [0, 0.05) is 7.11 Å². The number of carbonyl (C=O) groups excluding carboxylic acids is 1. The van der Waals surface area contributed by atoms with Crippen LogP contribution in [0.5, 0.6) is 0 Å². The fourth-order valence-corrected chi connectivity index (χ4v) is 1.70. The van der Waals surface area contributed by atoms with E-state index in [9.17, 15) is 9.90 Å². The number of rotatable bonds is 7. The maximum Gasteiger partial charge on any atom is 0.293 e. The van der Waals surface area contributed by atoms with Gasteiger partial charge < -0.3 is 24.1 Å². The summed E-state index contributed by atoms with van der Waals surface area (Å²) in [6.07, 6.45) is -1.71. The highest BCUT2D eigenvalue weighted by Crippen LogP contribution is 2.22. The van der Waals surface area contributed by atoms with E-state index < -0.39 is 18.3 Å². The van der Waals surface area contributed by atoms with Crippen molar-refractivity contribution in [2.75, 3.05) is 26.9 Å². The third-order valence-electron chi connectivity index (χ3n) is 2.50. The van der Waals surface area contributed by atoms with Crippen LogP contribution in [-0.4, -0.2) is 70.7 Å². The van der Waals surface area contributed by atoms with Gasteiger partial charge in [-0.1, -0.05) is 0 Å². The Morgan fingerprint density at radius 3 is 2.88 bits per heavy atom. The third kappa shape index (κ3) is 3.45. The Morgan fingerprint density at radius 1 is 1.50 bits per heavy atom. The first-order chi connectivity index (χ1) is 7.70. The van der Waals surface area contributed by atoms with Crippen LogP contribution in [0.1, 0.15) is 0 Å². The van der Waals surface area contributed by atoms with Crippen molar-refractivity contribution >= 4 is 14.3 Å². The molecule has 6 nitrogen and oxygen atoms in total. The van der Waals surface area contributed by atoms with Gasteiger partial charge in [-0.25, -0.2) is 0 Å². The minimum Gasteiger partial charge on any atom is -0.465 e. The van der Waals surface area contributed by atoms with Crippen LogP contribution in [0.4, 0.5) is 0 Å². The van der Waals surface area contributed by atoms with Crippen LogP contribution in [0, 0.1) is 0 Å². The first kappa shape index (κ1) is 13.4. The molecular weight excluding hydrogens is 215 g/mol. The van der Waals surface area contributed by atoms with E-state index in [1.165, 1.54) is 0 Å². The van der Waals surface area contributed by atoms with Gasteiger partial charge in [-0.05, 0) is 0 Å². The molecule has 0 radical (unpaired) electrons. The van der Waals surface area contributed by atoms with E-state index in [0.717, 1.165) is 0 Å². The molecule has 0 saturated carbocycles. The first-order valence-electron chi connectivity index (χ1n) is 5.20. The Labute approximate surface area is 95.2 Å². The fourth-order valence-electron chi connectivity index (χ4n) is 1.70. The van der Waals surface area contributed by atoms with Crippen molar-refractivity contribution in [2.45, 2.75) is 24.3 Å². The Bertz CT molecular complexity index is 214. The van der Waals surface area contributed by atoms with Crippen molar-refractivity contribution in [2.24, 2.45) is 0 Å². The van der Waals surface area contributed by atoms with E-state index in [-0.39, 0.29) is 12.6 Å². The average Bonchev–Trinajstić information content (AvgIpc) is 2.54. The molecule has 0 aromatic heterocycles. The molecule has 0 amide bonds. The molecule has 0 aliphatic carbocycles. The molecule has 1 N–H and O–H groups in total. The summed E-state index contributed by atoms with van der Waals surface area (Å²) in [4.78, 5) is 10.0. The molecule has 0 aromatic rings. The zero-order valence-corrected chi connectivity index (χ0v) is 9.50. The molecule has 0 aromatic carbocycles. The van der Waals surface area contributed by atoms with Crippen LogP contribution < -0.4 is 0 Å². The first-order valence-corrected chi connectivity index (χ1v) is 5.20. The molecule has 92 valence electrons. The Balaban J connectivity index is 2.37. The van der Waals surface area contributed by atoms with E-state index in [2.05, 4.69) is 4.74 Å². The highest BCUT2D eigenvalue weighted by molar-refractivity contribution is 6.11. The smallest absolute Gasteiger partial charge is 0.293 e. The minimum atomic E-state index is -0.785. The molecule has 0 bridgehead atoms. The Kier molecular flexibility index (Phi) is 5.75. The van der Waals surface area contributed by atoms with Gasteiger partial charge in [-0.15, -0.1) is 0 Å². The van der Waals surface area contributed by atoms with Crippen LogP contribution in [0.2, 0.25) is 0 Å². The van der Waals surface area contributed by atoms with Crippen molar-refractivity contribution < 1.29 is 28.8 Å². The summed E-state index contributed by atoms with van der Waals surface area (Å²) in [6.45, 7) is 1.23. The summed E-state index contributed by atoms with van der Waals surface area (Å²) in [6, 6.07) is -0.230. The summed E-state index contributed by atoms with van der Waals surface area (Å²) < 4.78 is 20.3. The molecule has 7 heteroatoms. The summed E-state index contributed by atoms with van der Waals surface area (Å²) in [7, 11) is 3.39. The lowest BCUT2D eigenvalue weighted by atomic mass is 9.93. The van der Waals surface area contributed by atoms with Crippen LogP contribution >= 0.6 is 0 Å². The fraction of sp³-hybridized carbons (Fsp3) is 0.889. The number of hydrogen-bond donors (Lipinski definition) is 1. The predicted octanol–water partition coefficient (Wildman–Crippen LogP) is -2.09. The van der Waals surface area contributed by atoms with E-state index in [4.69, 9.17) is 14.2 Å². The number of aliphatic hydroxyl groups is 1. The van der Waals surface area contributed by atoms with Gasteiger partial charge in [0.2, 0.25) is 0 Å². The summed E-state index contributed by atoms with van der Waals surface area (Å²) in [5.41, 5.74) is 0. The van der Waals surface area contributed by atoms with Crippen LogP contribution in [0.15, 0.2) is 0 Å². The molecule has 1 aliphatic heterocycles. The standard InChI is InChI=1S/C9H17BO6/c1-13-2-3-15-8-7(12)6(4-14-5-11)16-9(8)10/h5-9,12H,2-4,10H2,1H3/t6-,7?,8?,9-/m1/s1. The monoisotopic (exact) mass is 232 g/mol. The molecule has 1 fully saturated rings. The Hall–Kier alpha value is -0.625. The summed E-state index contributed by atoms with van der Waals surface area (Å²) in [5, 5.41) is 9.86. The van der Waals surface area contributed by atoms with Crippen LogP contribution in [-0.2, 0) is 23.7 Å². The lowest BCUT2D eigenvalue weighted by molar-refractivity contribution is -0.133. The number of aliphatic hydroxyl groups excluding tert-OH is 1. The second-order valence-electron chi connectivity index (χ2n) is 3.63. The molecule has 1 aliphatic rings. The molecule has 1 rings (SSSR count). The molecule has 1 heterocycles. The van der Waals surface area contributed by atoms with Gasteiger partial charge >= 0.3 is 0 Å². The number of hydrogen-bond acceptors (Lipinski definition) is 6. The van der Waals surface area contributed by atoms with Crippen LogP contribution in [0.25, 0.3) is 0 Å². The van der Waals surface area contributed by atoms with Crippen molar-refractivity contribution in [3.8, 4) is 0 Å². The van der Waals surface area contributed by atoms with E-state index in [1.54, 1.807) is 7.11 Å². The maximum atomic E-state index is 10.0. The molecule has 0 spiro atoms. The third-order valence-corrected chi connectivity index (χ3v) is 2.50. The lowest BCUT2D eigenvalue weighted by Crippen LogP contribution is -2.37. The topological polar surface area (TPSA) is 74.2 Å². The predicted molar refractivity (Wildman–Crippen MR) is 56.8 cm³/mol. The SMILES string of the molecule is B[C@@H]1O[C@H](COC=O)C(O)C1OCCOC.